The number of likely N-dealkylation sites (N-methyl/N-ethyl adjacent to an activating group) is 1. The monoisotopic (exact) mass is 264 g/mol. The van der Waals surface area contributed by atoms with Crippen LogP contribution in [0.1, 0.15) is 13.3 Å². The summed E-state index contributed by atoms with van der Waals surface area (Å²) in [6.07, 6.45) is 1.19. The molecule has 106 valence electrons. The summed E-state index contributed by atoms with van der Waals surface area (Å²) in [5, 5.41) is 3.58. The number of ether oxygens (including phenoxy) is 2. The third-order valence-corrected chi connectivity index (χ3v) is 3.65. The van der Waals surface area contributed by atoms with Crippen LogP contribution in [0.3, 0.4) is 0 Å². The molecule has 1 aliphatic rings. The number of nitrogens with zero attached hydrogens (tertiary/aromatic N) is 1. The highest BCUT2D eigenvalue weighted by molar-refractivity contribution is 5.49. The summed E-state index contributed by atoms with van der Waals surface area (Å²) in [6, 6.07) is 9.31. The molecule has 0 saturated carbocycles. The van der Waals surface area contributed by atoms with Gasteiger partial charge in [-0.15, -0.1) is 0 Å². The topological polar surface area (TPSA) is 33.7 Å². The van der Waals surface area contributed by atoms with Crippen molar-refractivity contribution in [2.24, 2.45) is 0 Å². The minimum Gasteiger partial charge on any atom is -0.491 e. The van der Waals surface area contributed by atoms with Crippen LogP contribution in [0.25, 0.3) is 0 Å². The van der Waals surface area contributed by atoms with E-state index in [1.807, 2.05) is 12.1 Å². The zero-order valence-corrected chi connectivity index (χ0v) is 12.1. The molecule has 2 rings (SSSR count). The summed E-state index contributed by atoms with van der Waals surface area (Å²) in [5.74, 6) is 0.890. The fraction of sp³-hybridized carbons (Fsp3) is 0.600. The zero-order valence-electron chi connectivity index (χ0n) is 12.1. The Morgan fingerprint density at radius 1 is 1.37 bits per heavy atom. The summed E-state index contributed by atoms with van der Waals surface area (Å²) in [5.41, 5.74) is 1.13. The van der Waals surface area contributed by atoms with Gasteiger partial charge in [0.25, 0.3) is 0 Å². The van der Waals surface area contributed by atoms with E-state index >= 15 is 0 Å². The van der Waals surface area contributed by atoms with Crippen molar-refractivity contribution in [1.82, 2.24) is 4.90 Å². The minimum absolute atomic E-state index is 0.522. The lowest BCUT2D eigenvalue weighted by Gasteiger charge is -2.15. The quantitative estimate of drug-likeness (QED) is 0.799. The van der Waals surface area contributed by atoms with Gasteiger partial charge in [0, 0.05) is 37.5 Å². The SMILES string of the molecule is COCCOc1cccc(NC2CC(C)N(C)C2)c1. The Labute approximate surface area is 115 Å². The maximum Gasteiger partial charge on any atom is 0.121 e. The molecule has 1 N–H and O–H groups in total. The first-order valence-corrected chi connectivity index (χ1v) is 6.87. The molecule has 0 spiro atoms. The van der Waals surface area contributed by atoms with Gasteiger partial charge in [-0.25, -0.2) is 0 Å². The molecule has 0 amide bonds. The van der Waals surface area contributed by atoms with Crippen molar-refractivity contribution in [3.63, 3.8) is 0 Å². The lowest BCUT2D eigenvalue weighted by molar-refractivity contribution is 0.146. The molecule has 1 aromatic rings. The van der Waals surface area contributed by atoms with E-state index in [-0.39, 0.29) is 0 Å². The third kappa shape index (κ3) is 4.11. The number of likely N-dealkylation sites (tertiary alicyclic amines) is 1. The third-order valence-electron chi connectivity index (χ3n) is 3.65. The van der Waals surface area contributed by atoms with Crippen molar-refractivity contribution in [3.8, 4) is 5.75 Å². The molecule has 19 heavy (non-hydrogen) atoms. The molecule has 0 radical (unpaired) electrons. The van der Waals surface area contributed by atoms with Crippen molar-refractivity contribution in [3.05, 3.63) is 24.3 Å². The van der Waals surface area contributed by atoms with Gasteiger partial charge in [0.05, 0.1) is 6.61 Å². The highest BCUT2D eigenvalue weighted by Crippen LogP contribution is 2.22. The van der Waals surface area contributed by atoms with E-state index < -0.39 is 0 Å². The second kappa shape index (κ2) is 6.78. The number of hydrogen-bond acceptors (Lipinski definition) is 4. The van der Waals surface area contributed by atoms with Crippen molar-refractivity contribution in [1.29, 1.82) is 0 Å². The van der Waals surface area contributed by atoms with Crippen LogP contribution in [-0.4, -0.2) is 50.9 Å². The van der Waals surface area contributed by atoms with Crippen LogP contribution in [0.4, 0.5) is 5.69 Å². The summed E-state index contributed by atoms with van der Waals surface area (Å²) < 4.78 is 10.6. The van der Waals surface area contributed by atoms with Gasteiger partial charge in [-0.3, -0.25) is 0 Å². The highest BCUT2D eigenvalue weighted by Gasteiger charge is 2.25. The first kappa shape index (κ1) is 14.2. The second-order valence-corrected chi connectivity index (χ2v) is 5.23. The molecule has 0 aliphatic carbocycles. The lowest BCUT2D eigenvalue weighted by Crippen LogP contribution is -2.24. The van der Waals surface area contributed by atoms with Gasteiger partial charge in [0.2, 0.25) is 0 Å². The Kier molecular flexibility index (Phi) is 5.05. The molecule has 0 aromatic heterocycles. The largest absolute Gasteiger partial charge is 0.491 e. The Morgan fingerprint density at radius 3 is 2.89 bits per heavy atom. The van der Waals surface area contributed by atoms with E-state index in [0.717, 1.165) is 18.0 Å². The summed E-state index contributed by atoms with van der Waals surface area (Å²) in [7, 11) is 3.86. The van der Waals surface area contributed by atoms with Crippen LogP contribution in [0.5, 0.6) is 5.75 Å². The van der Waals surface area contributed by atoms with Crippen LogP contribution < -0.4 is 10.1 Å². The molecule has 1 heterocycles. The first-order valence-electron chi connectivity index (χ1n) is 6.87. The van der Waals surface area contributed by atoms with Crippen LogP contribution in [0, 0.1) is 0 Å². The maximum absolute atomic E-state index is 5.62. The van der Waals surface area contributed by atoms with E-state index in [2.05, 4.69) is 36.3 Å². The number of nitrogens with one attached hydrogen (secondary N) is 1. The summed E-state index contributed by atoms with van der Waals surface area (Å²) in [6.45, 7) is 4.56. The van der Waals surface area contributed by atoms with Crippen LogP contribution in [0.2, 0.25) is 0 Å². The molecule has 0 bridgehead atoms. The smallest absolute Gasteiger partial charge is 0.121 e. The lowest BCUT2D eigenvalue weighted by atomic mass is 10.2. The summed E-state index contributed by atoms with van der Waals surface area (Å²) >= 11 is 0. The van der Waals surface area contributed by atoms with Crippen molar-refractivity contribution >= 4 is 5.69 Å². The Morgan fingerprint density at radius 2 is 2.21 bits per heavy atom. The van der Waals surface area contributed by atoms with Gasteiger partial charge >= 0.3 is 0 Å². The van der Waals surface area contributed by atoms with Gasteiger partial charge in [-0.05, 0) is 32.5 Å². The average molecular weight is 264 g/mol. The molecule has 1 fully saturated rings. The van der Waals surface area contributed by atoms with Crippen molar-refractivity contribution in [2.45, 2.75) is 25.4 Å². The predicted octanol–water partition coefficient (Wildman–Crippen LogP) is 2.22. The molecular weight excluding hydrogens is 240 g/mol. The minimum atomic E-state index is 0.522. The molecular formula is C15H24N2O2. The van der Waals surface area contributed by atoms with E-state index in [9.17, 15) is 0 Å². The molecule has 2 unspecified atom stereocenters. The van der Waals surface area contributed by atoms with Crippen molar-refractivity contribution in [2.75, 3.05) is 39.2 Å². The first-order chi connectivity index (χ1) is 9.19. The van der Waals surface area contributed by atoms with Gasteiger partial charge in [-0.1, -0.05) is 6.07 Å². The zero-order chi connectivity index (χ0) is 13.7. The molecule has 1 aromatic carbocycles. The number of hydrogen-bond donors (Lipinski definition) is 1. The summed E-state index contributed by atoms with van der Waals surface area (Å²) in [4.78, 5) is 2.39. The molecule has 1 saturated heterocycles. The Hall–Kier alpha value is -1.26. The molecule has 4 heteroatoms. The van der Waals surface area contributed by atoms with E-state index in [4.69, 9.17) is 9.47 Å². The van der Waals surface area contributed by atoms with Crippen molar-refractivity contribution < 1.29 is 9.47 Å². The predicted molar refractivity (Wildman–Crippen MR) is 77.9 cm³/mol. The fourth-order valence-corrected chi connectivity index (χ4v) is 2.45. The van der Waals surface area contributed by atoms with E-state index in [1.165, 1.54) is 6.42 Å². The number of methoxy groups -OCH3 is 1. The Balaban J connectivity index is 1.88. The van der Waals surface area contributed by atoms with Gasteiger partial charge < -0.3 is 19.7 Å². The molecule has 1 aliphatic heterocycles. The fourth-order valence-electron chi connectivity index (χ4n) is 2.45. The second-order valence-electron chi connectivity index (χ2n) is 5.23. The van der Waals surface area contributed by atoms with E-state index in [0.29, 0.717) is 25.3 Å². The van der Waals surface area contributed by atoms with Crippen LogP contribution in [0.15, 0.2) is 24.3 Å². The van der Waals surface area contributed by atoms with Gasteiger partial charge in [-0.2, -0.15) is 0 Å². The Bertz CT molecular complexity index is 387. The highest BCUT2D eigenvalue weighted by atomic mass is 16.5. The molecule has 4 nitrogen and oxygen atoms in total. The average Bonchev–Trinajstić information content (AvgIpc) is 2.69. The van der Waals surface area contributed by atoms with Crippen LogP contribution in [-0.2, 0) is 4.74 Å². The van der Waals surface area contributed by atoms with E-state index in [1.54, 1.807) is 7.11 Å². The number of rotatable bonds is 6. The normalized spacial score (nSPS) is 23.5. The van der Waals surface area contributed by atoms with Gasteiger partial charge in [0.15, 0.2) is 0 Å². The standard InChI is InChI=1S/C15H24N2O2/c1-12-9-14(11-17(12)2)16-13-5-4-6-15(10-13)19-8-7-18-3/h4-6,10,12,14,16H,7-9,11H2,1-3H3. The van der Waals surface area contributed by atoms with Gasteiger partial charge in [0.1, 0.15) is 12.4 Å². The number of anilines is 1. The van der Waals surface area contributed by atoms with Crippen LogP contribution >= 0.6 is 0 Å². The maximum atomic E-state index is 5.62. The molecule has 2 atom stereocenters. The number of benzene rings is 1.